The maximum atomic E-state index is 12.9. The second kappa shape index (κ2) is 8.05. The third kappa shape index (κ3) is 3.87. The van der Waals surface area contributed by atoms with Gasteiger partial charge in [0.25, 0.3) is 0 Å². The fraction of sp³-hybridized carbons (Fsp3) is 0.222. The SMILES string of the molecule is Cc1ccc(CN2COc3ccc4c(C)c(Cc5ccccc5)c(=O)oc4c3C2)cc1. The fourth-order valence-corrected chi connectivity index (χ4v) is 4.26. The molecule has 0 saturated heterocycles. The van der Waals surface area contributed by atoms with Crippen molar-refractivity contribution in [2.24, 2.45) is 0 Å². The Hall–Kier alpha value is -3.37. The highest BCUT2D eigenvalue weighted by Crippen LogP contribution is 2.34. The van der Waals surface area contributed by atoms with Crippen molar-refractivity contribution in [1.29, 1.82) is 0 Å². The van der Waals surface area contributed by atoms with Crippen molar-refractivity contribution in [2.45, 2.75) is 33.4 Å². The van der Waals surface area contributed by atoms with Crippen LogP contribution in [0.1, 0.15) is 33.4 Å². The average Bonchev–Trinajstić information content (AvgIpc) is 2.79. The van der Waals surface area contributed by atoms with Gasteiger partial charge < -0.3 is 9.15 Å². The minimum absolute atomic E-state index is 0.266. The summed E-state index contributed by atoms with van der Waals surface area (Å²) in [7, 11) is 0. The molecule has 2 heterocycles. The topological polar surface area (TPSA) is 42.7 Å². The van der Waals surface area contributed by atoms with Gasteiger partial charge >= 0.3 is 5.63 Å². The highest BCUT2D eigenvalue weighted by molar-refractivity contribution is 5.86. The van der Waals surface area contributed by atoms with E-state index in [1.165, 1.54) is 11.1 Å². The van der Waals surface area contributed by atoms with Gasteiger partial charge in [0, 0.05) is 30.5 Å². The highest BCUT2D eigenvalue weighted by Gasteiger charge is 2.23. The molecule has 0 radical (unpaired) electrons. The van der Waals surface area contributed by atoms with E-state index in [-0.39, 0.29) is 5.63 Å². The predicted molar refractivity (Wildman–Crippen MR) is 122 cm³/mol. The molecule has 4 aromatic rings. The molecule has 0 fully saturated rings. The molecule has 4 heteroatoms. The average molecular weight is 412 g/mol. The molecule has 1 aliphatic rings. The van der Waals surface area contributed by atoms with Crippen LogP contribution in [0, 0.1) is 13.8 Å². The van der Waals surface area contributed by atoms with Crippen molar-refractivity contribution in [1.82, 2.24) is 4.90 Å². The van der Waals surface area contributed by atoms with Gasteiger partial charge in [-0.05, 0) is 42.7 Å². The van der Waals surface area contributed by atoms with Gasteiger partial charge in [-0.3, -0.25) is 4.90 Å². The zero-order valence-corrected chi connectivity index (χ0v) is 17.9. The zero-order valence-electron chi connectivity index (χ0n) is 17.9. The third-order valence-corrected chi connectivity index (χ3v) is 6.05. The number of aryl methyl sites for hydroxylation is 2. The van der Waals surface area contributed by atoms with Gasteiger partial charge in [0.2, 0.25) is 0 Å². The molecule has 0 saturated carbocycles. The lowest BCUT2D eigenvalue weighted by Crippen LogP contribution is -2.31. The molecular formula is C27H25NO3. The van der Waals surface area contributed by atoms with Crippen LogP contribution in [-0.4, -0.2) is 11.6 Å². The molecule has 156 valence electrons. The molecule has 0 amide bonds. The lowest BCUT2D eigenvalue weighted by molar-refractivity contribution is 0.0889. The molecule has 0 bridgehead atoms. The summed E-state index contributed by atoms with van der Waals surface area (Å²) in [6, 6.07) is 22.6. The Morgan fingerprint density at radius 1 is 0.903 bits per heavy atom. The van der Waals surface area contributed by atoms with Gasteiger partial charge in [-0.25, -0.2) is 4.79 Å². The van der Waals surface area contributed by atoms with Crippen molar-refractivity contribution in [3.63, 3.8) is 0 Å². The summed E-state index contributed by atoms with van der Waals surface area (Å²) >= 11 is 0. The van der Waals surface area contributed by atoms with Crippen LogP contribution in [0.4, 0.5) is 0 Å². The van der Waals surface area contributed by atoms with E-state index in [2.05, 4.69) is 36.1 Å². The maximum absolute atomic E-state index is 12.9. The Morgan fingerprint density at radius 2 is 1.68 bits per heavy atom. The van der Waals surface area contributed by atoms with E-state index in [0.29, 0.717) is 30.8 Å². The largest absolute Gasteiger partial charge is 0.478 e. The molecule has 5 rings (SSSR count). The molecule has 0 aliphatic carbocycles. The second-order valence-corrected chi connectivity index (χ2v) is 8.32. The quantitative estimate of drug-likeness (QED) is 0.425. The Bertz CT molecular complexity index is 1290. The molecule has 0 atom stereocenters. The normalized spacial score (nSPS) is 13.7. The van der Waals surface area contributed by atoms with Crippen molar-refractivity contribution in [3.05, 3.63) is 111 Å². The van der Waals surface area contributed by atoms with Crippen LogP contribution in [0.15, 0.2) is 75.9 Å². The highest BCUT2D eigenvalue weighted by atomic mass is 16.5. The van der Waals surface area contributed by atoms with Crippen LogP contribution in [0.25, 0.3) is 11.0 Å². The van der Waals surface area contributed by atoms with Crippen LogP contribution in [-0.2, 0) is 19.5 Å². The summed E-state index contributed by atoms with van der Waals surface area (Å²) in [5, 5.41) is 0.977. The Kier molecular flexibility index (Phi) is 5.08. The molecule has 0 unspecified atom stereocenters. The van der Waals surface area contributed by atoms with Gasteiger partial charge in [0.1, 0.15) is 18.1 Å². The van der Waals surface area contributed by atoms with Gasteiger partial charge in [-0.2, -0.15) is 0 Å². The van der Waals surface area contributed by atoms with E-state index < -0.39 is 0 Å². The molecule has 31 heavy (non-hydrogen) atoms. The molecule has 3 aromatic carbocycles. The first-order valence-corrected chi connectivity index (χ1v) is 10.6. The minimum Gasteiger partial charge on any atom is -0.478 e. The summed E-state index contributed by atoms with van der Waals surface area (Å²) in [6.07, 6.45) is 0.568. The van der Waals surface area contributed by atoms with E-state index in [0.717, 1.165) is 34.4 Å². The van der Waals surface area contributed by atoms with Crippen molar-refractivity contribution >= 4 is 11.0 Å². The van der Waals surface area contributed by atoms with Crippen molar-refractivity contribution < 1.29 is 9.15 Å². The first-order valence-electron chi connectivity index (χ1n) is 10.6. The van der Waals surface area contributed by atoms with Crippen LogP contribution >= 0.6 is 0 Å². The van der Waals surface area contributed by atoms with Gasteiger partial charge in [0.15, 0.2) is 0 Å². The standard InChI is InChI=1S/C27H25NO3/c1-18-8-10-21(11-9-18)15-28-16-24-25(30-17-28)13-12-22-19(2)23(27(29)31-26(22)24)14-20-6-4-3-5-7-20/h3-13H,14-17H2,1-2H3. The number of ether oxygens (including phenoxy) is 1. The number of hydrogen-bond acceptors (Lipinski definition) is 4. The summed E-state index contributed by atoms with van der Waals surface area (Å²) in [6.45, 7) is 6.08. The maximum Gasteiger partial charge on any atom is 0.340 e. The summed E-state index contributed by atoms with van der Waals surface area (Å²) in [5.74, 6) is 0.797. The number of nitrogens with zero attached hydrogens (tertiary/aromatic N) is 1. The van der Waals surface area contributed by atoms with Gasteiger partial charge in [0.05, 0.1) is 5.56 Å². The molecule has 0 N–H and O–H groups in total. The fourth-order valence-electron chi connectivity index (χ4n) is 4.26. The van der Waals surface area contributed by atoms with Crippen LogP contribution in [0.2, 0.25) is 0 Å². The third-order valence-electron chi connectivity index (χ3n) is 6.05. The number of rotatable bonds is 4. The molecule has 1 aromatic heterocycles. The predicted octanol–water partition coefficient (Wildman–Crippen LogP) is 5.35. The summed E-state index contributed by atoms with van der Waals surface area (Å²) < 4.78 is 11.9. The van der Waals surface area contributed by atoms with E-state index >= 15 is 0 Å². The van der Waals surface area contributed by atoms with Crippen molar-refractivity contribution in [2.75, 3.05) is 6.73 Å². The first kappa shape index (κ1) is 19.6. The van der Waals surface area contributed by atoms with Gasteiger partial charge in [-0.15, -0.1) is 0 Å². The van der Waals surface area contributed by atoms with Crippen molar-refractivity contribution in [3.8, 4) is 5.75 Å². The Labute approximate surface area is 181 Å². The van der Waals surface area contributed by atoms with Crippen LogP contribution < -0.4 is 10.4 Å². The van der Waals surface area contributed by atoms with E-state index in [1.807, 2.05) is 49.4 Å². The zero-order chi connectivity index (χ0) is 21.4. The number of hydrogen-bond donors (Lipinski definition) is 0. The van der Waals surface area contributed by atoms with Gasteiger partial charge in [-0.1, -0.05) is 60.2 Å². The first-order chi connectivity index (χ1) is 15.1. The number of fused-ring (bicyclic) bond motifs is 3. The summed E-state index contributed by atoms with van der Waals surface area (Å²) in [4.78, 5) is 15.1. The van der Waals surface area contributed by atoms with Crippen LogP contribution in [0.3, 0.4) is 0 Å². The lowest BCUT2D eigenvalue weighted by Gasteiger charge is -2.29. The van der Waals surface area contributed by atoms with Crippen LogP contribution in [0.5, 0.6) is 5.75 Å². The molecule has 0 spiro atoms. The lowest BCUT2D eigenvalue weighted by atomic mass is 9.97. The van der Waals surface area contributed by atoms with E-state index in [1.54, 1.807) is 0 Å². The monoisotopic (exact) mass is 411 g/mol. The minimum atomic E-state index is -0.266. The molecule has 1 aliphatic heterocycles. The number of benzene rings is 3. The molecular weight excluding hydrogens is 386 g/mol. The Morgan fingerprint density at radius 3 is 2.45 bits per heavy atom. The summed E-state index contributed by atoms with van der Waals surface area (Å²) in [5.41, 5.74) is 6.60. The Balaban J connectivity index is 1.50. The smallest absolute Gasteiger partial charge is 0.340 e. The molecule has 4 nitrogen and oxygen atoms in total. The van der Waals surface area contributed by atoms with E-state index in [9.17, 15) is 4.79 Å². The van der Waals surface area contributed by atoms with E-state index in [4.69, 9.17) is 9.15 Å². The second-order valence-electron chi connectivity index (χ2n) is 8.32.